The van der Waals surface area contributed by atoms with Crippen LogP contribution in [0.15, 0.2) is 11.8 Å². The summed E-state index contributed by atoms with van der Waals surface area (Å²) in [7, 11) is 1.71. The highest BCUT2D eigenvalue weighted by Gasteiger charge is 2.01. The molecule has 0 aliphatic heterocycles. The monoisotopic (exact) mass is 156 g/mol. The molecule has 0 saturated carbocycles. The first-order valence-electron chi connectivity index (χ1n) is 3.77. The number of Topliss-reactive ketones (excluding diaryl/α,β-unsaturated/α-hetero) is 1. The molecule has 3 nitrogen and oxygen atoms in total. The van der Waals surface area contributed by atoms with E-state index < -0.39 is 0 Å². The molecule has 3 heteroatoms. The third-order valence-electron chi connectivity index (χ3n) is 1.33. The number of hydrazine groups is 1. The number of nitrogens with zero attached hydrogens (tertiary/aromatic N) is 1. The minimum atomic E-state index is 0.101. The van der Waals surface area contributed by atoms with Gasteiger partial charge in [0, 0.05) is 18.8 Å². The number of allylic oxidation sites excluding steroid dienone is 1. The summed E-state index contributed by atoms with van der Waals surface area (Å²) in [6, 6.07) is 0. The lowest BCUT2D eigenvalue weighted by molar-refractivity contribution is -0.113. The van der Waals surface area contributed by atoms with Crippen molar-refractivity contribution in [3.63, 3.8) is 0 Å². The fourth-order valence-corrected chi connectivity index (χ4v) is 0.847. The fourth-order valence-electron chi connectivity index (χ4n) is 0.847. The average molecular weight is 156 g/mol. The van der Waals surface area contributed by atoms with Crippen LogP contribution in [0.4, 0.5) is 0 Å². The van der Waals surface area contributed by atoms with Crippen LogP contribution in [-0.4, -0.2) is 17.8 Å². The first-order chi connectivity index (χ1) is 5.07. The largest absolute Gasteiger partial charge is 0.321 e. The van der Waals surface area contributed by atoms with Crippen LogP contribution in [0.1, 0.15) is 26.7 Å². The molecule has 0 heterocycles. The molecule has 0 rings (SSSR count). The Morgan fingerprint density at radius 2 is 2.18 bits per heavy atom. The van der Waals surface area contributed by atoms with Crippen LogP contribution >= 0.6 is 0 Å². The van der Waals surface area contributed by atoms with Crippen molar-refractivity contribution in [1.29, 1.82) is 0 Å². The van der Waals surface area contributed by atoms with Gasteiger partial charge in [-0.1, -0.05) is 13.3 Å². The summed E-state index contributed by atoms with van der Waals surface area (Å²) in [6.07, 6.45) is 3.45. The topological polar surface area (TPSA) is 46.3 Å². The molecule has 0 aromatic heterocycles. The van der Waals surface area contributed by atoms with Gasteiger partial charge in [0.05, 0.1) is 0 Å². The third-order valence-corrected chi connectivity index (χ3v) is 1.33. The molecule has 2 N–H and O–H groups in total. The van der Waals surface area contributed by atoms with Crippen LogP contribution in [0.2, 0.25) is 0 Å². The van der Waals surface area contributed by atoms with Gasteiger partial charge in [-0.3, -0.25) is 4.79 Å². The molecule has 0 spiro atoms. The van der Waals surface area contributed by atoms with Crippen molar-refractivity contribution in [1.82, 2.24) is 5.01 Å². The summed E-state index contributed by atoms with van der Waals surface area (Å²) in [4.78, 5) is 10.9. The van der Waals surface area contributed by atoms with Crippen LogP contribution in [-0.2, 0) is 4.79 Å². The SMILES string of the molecule is CCC/C(=C\N(C)N)C(C)=O. The standard InChI is InChI=1S/C8H16N2O/c1-4-5-8(7(2)11)6-10(3)9/h6H,4-5,9H2,1-3H3/b8-6+. The van der Waals surface area contributed by atoms with E-state index in [4.69, 9.17) is 5.84 Å². The molecule has 0 unspecified atom stereocenters. The van der Waals surface area contributed by atoms with E-state index >= 15 is 0 Å². The number of ketones is 1. The summed E-state index contributed by atoms with van der Waals surface area (Å²) >= 11 is 0. The predicted octanol–water partition coefficient (Wildman–Crippen LogP) is 1.06. The number of carbonyl (C=O) groups excluding carboxylic acids is 1. The molecule has 0 aromatic carbocycles. The van der Waals surface area contributed by atoms with E-state index in [0.29, 0.717) is 0 Å². The first kappa shape index (κ1) is 10.2. The molecule has 0 amide bonds. The van der Waals surface area contributed by atoms with Gasteiger partial charge in [0.2, 0.25) is 0 Å². The Kier molecular flexibility index (Phi) is 4.54. The summed E-state index contributed by atoms with van der Waals surface area (Å²) < 4.78 is 0. The second kappa shape index (κ2) is 4.91. The van der Waals surface area contributed by atoms with Gasteiger partial charge in [-0.05, 0) is 13.3 Å². The van der Waals surface area contributed by atoms with Crippen molar-refractivity contribution in [2.24, 2.45) is 5.84 Å². The summed E-state index contributed by atoms with van der Waals surface area (Å²) in [5.74, 6) is 5.47. The van der Waals surface area contributed by atoms with Gasteiger partial charge < -0.3 is 5.01 Å². The Balaban J connectivity index is 4.20. The van der Waals surface area contributed by atoms with Gasteiger partial charge in [-0.2, -0.15) is 0 Å². The summed E-state index contributed by atoms with van der Waals surface area (Å²) in [5, 5.41) is 1.41. The molecule has 64 valence electrons. The van der Waals surface area contributed by atoms with Crippen LogP contribution in [0.25, 0.3) is 0 Å². The van der Waals surface area contributed by atoms with Crippen LogP contribution < -0.4 is 5.84 Å². The van der Waals surface area contributed by atoms with E-state index in [1.807, 2.05) is 6.92 Å². The van der Waals surface area contributed by atoms with Crippen LogP contribution in [0.5, 0.6) is 0 Å². The van der Waals surface area contributed by atoms with Gasteiger partial charge >= 0.3 is 0 Å². The van der Waals surface area contributed by atoms with Crippen molar-refractivity contribution >= 4 is 5.78 Å². The Morgan fingerprint density at radius 1 is 1.64 bits per heavy atom. The number of carbonyl (C=O) groups is 1. The highest BCUT2D eigenvalue weighted by atomic mass is 16.1. The van der Waals surface area contributed by atoms with E-state index in [2.05, 4.69) is 0 Å². The molecule has 0 aromatic rings. The Labute approximate surface area is 67.8 Å². The number of hydrogen-bond acceptors (Lipinski definition) is 3. The lowest BCUT2D eigenvalue weighted by Crippen LogP contribution is -2.20. The molecule has 0 radical (unpaired) electrons. The zero-order valence-electron chi connectivity index (χ0n) is 7.42. The highest BCUT2D eigenvalue weighted by molar-refractivity contribution is 5.93. The highest BCUT2D eigenvalue weighted by Crippen LogP contribution is 2.05. The quantitative estimate of drug-likeness (QED) is 0.376. The maximum absolute atomic E-state index is 10.9. The van der Waals surface area contributed by atoms with E-state index in [9.17, 15) is 4.79 Å². The lowest BCUT2D eigenvalue weighted by atomic mass is 10.1. The van der Waals surface area contributed by atoms with Gasteiger partial charge in [0.25, 0.3) is 0 Å². The van der Waals surface area contributed by atoms with Crippen LogP contribution in [0.3, 0.4) is 0 Å². The third kappa shape index (κ3) is 4.56. The average Bonchev–Trinajstić information content (AvgIpc) is 1.86. The molecule has 0 aliphatic carbocycles. The second-order valence-electron chi connectivity index (χ2n) is 2.63. The number of hydrogen-bond donors (Lipinski definition) is 1. The zero-order valence-corrected chi connectivity index (χ0v) is 7.42. The lowest BCUT2D eigenvalue weighted by Gasteiger charge is -2.07. The van der Waals surface area contributed by atoms with Crippen molar-refractivity contribution < 1.29 is 4.79 Å². The van der Waals surface area contributed by atoms with Crippen molar-refractivity contribution in [2.45, 2.75) is 26.7 Å². The minimum absolute atomic E-state index is 0.101. The maximum atomic E-state index is 10.9. The molecular formula is C8H16N2O. The molecule has 11 heavy (non-hydrogen) atoms. The van der Waals surface area contributed by atoms with E-state index in [1.54, 1.807) is 20.2 Å². The normalized spacial score (nSPS) is 11.5. The molecule has 0 bridgehead atoms. The molecular weight excluding hydrogens is 140 g/mol. The van der Waals surface area contributed by atoms with E-state index in [0.717, 1.165) is 18.4 Å². The van der Waals surface area contributed by atoms with Gasteiger partial charge in [0.1, 0.15) is 0 Å². The predicted molar refractivity (Wildman–Crippen MR) is 45.6 cm³/mol. The summed E-state index contributed by atoms with van der Waals surface area (Å²) in [6.45, 7) is 3.60. The van der Waals surface area contributed by atoms with Crippen molar-refractivity contribution in [3.05, 3.63) is 11.8 Å². The number of nitrogens with two attached hydrogens (primary N) is 1. The smallest absolute Gasteiger partial charge is 0.157 e. The molecule has 0 aliphatic rings. The Morgan fingerprint density at radius 3 is 2.45 bits per heavy atom. The zero-order chi connectivity index (χ0) is 8.85. The van der Waals surface area contributed by atoms with Crippen molar-refractivity contribution in [2.75, 3.05) is 7.05 Å². The molecule has 0 atom stereocenters. The minimum Gasteiger partial charge on any atom is -0.321 e. The first-order valence-corrected chi connectivity index (χ1v) is 3.77. The van der Waals surface area contributed by atoms with Gasteiger partial charge in [0.15, 0.2) is 5.78 Å². The Hall–Kier alpha value is -0.830. The van der Waals surface area contributed by atoms with E-state index in [-0.39, 0.29) is 5.78 Å². The van der Waals surface area contributed by atoms with E-state index in [1.165, 1.54) is 5.01 Å². The molecule has 0 fully saturated rings. The van der Waals surface area contributed by atoms with Gasteiger partial charge in [-0.25, -0.2) is 5.84 Å². The maximum Gasteiger partial charge on any atom is 0.157 e. The van der Waals surface area contributed by atoms with Gasteiger partial charge in [-0.15, -0.1) is 0 Å². The van der Waals surface area contributed by atoms with Crippen molar-refractivity contribution in [3.8, 4) is 0 Å². The second-order valence-corrected chi connectivity index (χ2v) is 2.63. The summed E-state index contributed by atoms with van der Waals surface area (Å²) in [5.41, 5.74) is 0.789. The van der Waals surface area contributed by atoms with Crippen LogP contribution in [0, 0.1) is 0 Å². The molecule has 0 saturated heterocycles. The Bertz CT molecular complexity index is 161. The fraction of sp³-hybridized carbons (Fsp3) is 0.625. The number of rotatable bonds is 4.